The molecule has 2 rings (SSSR count). The van der Waals surface area contributed by atoms with Crippen LogP contribution in [0.1, 0.15) is 18.9 Å². The van der Waals surface area contributed by atoms with Crippen LogP contribution >= 0.6 is 0 Å². The molecule has 0 spiro atoms. The Morgan fingerprint density at radius 2 is 2.10 bits per heavy atom. The summed E-state index contributed by atoms with van der Waals surface area (Å²) in [6, 6.07) is 7.75. The molecule has 1 aromatic carbocycles. The Labute approximate surface area is 125 Å². The molecule has 5 nitrogen and oxygen atoms in total. The largest absolute Gasteiger partial charge is 0.508 e. The molecule has 21 heavy (non-hydrogen) atoms. The van der Waals surface area contributed by atoms with Crippen molar-refractivity contribution in [3.63, 3.8) is 0 Å². The molecule has 0 aliphatic carbocycles. The van der Waals surface area contributed by atoms with Gasteiger partial charge < -0.3 is 15.2 Å². The molecule has 1 unspecified atom stereocenters. The van der Waals surface area contributed by atoms with Gasteiger partial charge in [-0.1, -0.05) is 12.1 Å². The minimum Gasteiger partial charge on any atom is -0.508 e. The number of hydrogen-bond acceptors (Lipinski definition) is 4. The van der Waals surface area contributed by atoms with Crippen LogP contribution in [0.25, 0.3) is 0 Å². The Bertz CT molecular complexity index is 537. The maximum atomic E-state index is 9.26. The molecule has 114 valence electrons. The summed E-state index contributed by atoms with van der Waals surface area (Å²) in [6.45, 7) is 3.59. The van der Waals surface area contributed by atoms with E-state index in [4.69, 9.17) is 4.74 Å². The molecular formula is C16H23N3O2. The van der Waals surface area contributed by atoms with Crippen molar-refractivity contribution in [2.45, 2.75) is 32.4 Å². The van der Waals surface area contributed by atoms with E-state index in [0.29, 0.717) is 18.4 Å². The number of methoxy groups -OCH3 is 1. The van der Waals surface area contributed by atoms with Gasteiger partial charge in [-0.25, -0.2) is 0 Å². The van der Waals surface area contributed by atoms with E-state index >= 15 is 0 Å². The van der Waals surface area contributed by atoms with Crippen molar-refractivity contribution < 1.29 is 9.84 Å². The monoisotopic (exact) mass is 289 g/mol. The number of aromatic hydroxyl groups is 1. The van der Waals surface area contributed by atoms with Crippen molar-refractivity contribution >= 4 is 5.69 Å². The molecule has 0 saturated heterocycles. The van der Waals surface area contributed by atoms with Crippen LogP contribution < -0.4 is 5.32 Å². The van der Waals surface area contributed by atoms with E-state index in [1.807, 2.05) is 29.2 Å². The Morgan fingerprint density at radius 3 is 2.81 bits per heavy atom. The van der Waals surface area contributed by atoms with Crippen LogP contribution in [0.2, 0.25) is 0 Å². The lowest BCUT2D eigenvalue weighted by atomic mass is 10.1. The summed E-state index contributed by atoms with van der Waals surface area (Å²) in [7, 11) is 1.69. The average Bonchev–Trinajstić information content (AvgIpc) is 2.92. The number of hydrogen-bond donors (Lipinski definition) is 2. The lowest BCUT2D eigenvalue weighted by molar-refractivity contribution is 0.183. The van der Waals surface area contributed by atoms with Crippen molar-refractivity contribution in [1.82, 2.24) is 9.78 Å². The number of phenolic OH excluding ortho intramolecular Hbond substituents is 1. The van der Waals surface area contributed by atoms with Crippen LogP contribution in [-0.2, 0) is 17.7 Å². The zero-order chi connectivity index (χ0) is 15.1. The smallest absolute Gasteiger partial charge is 0.115 e. The number of nitrogens with zero attached hydrogens (tertiary/aromatic N) is 2. The second kappa shape index (κ2) is 7.69. The Balaban J connectivity index is 1.77. The number of phenols is 1. The molecule has 1 heterocycles. The molecule has 1 atom stereocenters. The summed E-state index contributed by atoms with van der Waals surface area (Å²) < 4.78 is 6.91. The fraction of sp³-hybridized carbons (Fsp3) is 0.438. The highest BCUT2D eigenvalue weighted by Crippen LogP contribution is 2.14. The van der Waals surface area contributed by atoms with Gasteiger partial charge in [0.05, 0.1) is 25.0 Å². The van der Waals surface area contributed by atoms with E-state index in [-0.39, 0.29) is 0 Å². The van der Waals surface area contributed by atoms with Gasteiger partial charge >= 0.3 is 0 Å². The number of benzene rings is 1. The summed E-state index contributed by atoms with van der Waals surface area (Å²) in [5.74, 6) is 0.313. The van der Waals surface area contributed by atoms with E-state index in [0.717, 1.165) is 25.1 Å². The number of ether oxygens (including phenoxy) is 1. The van der Waals surface area contributed by atoms with Crippen LogP contribution in [0, 0.1) is 0 Å². The third kappa shape index (κ3) is 5.11. The first-order valence-electron chi connectivity index (χ1n) is 7.23. The molecule has 0 radical (unpaired) electrons. The molecular weight excluding hydrogens is 266 g/mol. The number of rotatable bonds is 8. The molecule has 0 amide bonds. The predicted octanol–water partition coefficient (Wildman–Crippen LogP) is 2.67. The quantitative estimate of drug-likeness (QED) is 0.784. The first-order chi connectivity index (χ1) is 10.2. The fourth-order valence-corrected chi connectivity index (χ4v) is 2.15. The van der Waals surface area contributed by atoms with E-state index < -0.39 is 0 Å². The van der Waals surface area contributed by atoms with Gasteiger partial charge in [0.15, 0.2) is 0 Å². The van der Waals surface area contributed by atoms with Gasteiger partial charge in [0, 0.05) is 19.3 Å². The van der Waals surface area contributed by atoms with E-state index in [9.17, 15) is 5.11 Å². The zero-order valence-electron chi connectivity index (χ0n) is 12.6. The van der Waals surface area contributed by atoms with Crippen molar-refractivity contribution in [1.29, 1.82) is 0 Å². The van der Waals surface area contributed by atoms with Crippen molar-refractivity contribution in [3.8, 4) is 5.75 Å². The summed E-state index contributed by atoms with van der Waals surface area (Å²) in [6.07, 6.45) is 5.84. The number of aryl methyl sites for hydroxylation is 1. The van der Waals surface area contributed by atoms with Gasteiger partial charge in [0.2, 0.25) is 0 Å². The van der Waals surface area contributed by atoms with E-state index in [1.165, 1.54) is 5.56 Å². The van der Waals surface area contributed by atoms with Gasteiger partial charge in [0.1, 0.15) is 5.75 Å². The lowest BCUT2D eigenvalue weighted by Crippen LogP contribution is -2.15. The molecule has 0 aliphatic rings. The second-order valence-electron chi connectivity index (χ2n) is 5.24. The summed E-state index contributed by atoms with van der Waals surface area (Å²) >= 11 is 0. The van der Waals surface area contributed by atoms with Crippen LogP contribution in [-0.4, -0.2) is 34.6 Å². The maximum absolute atomic E-state index is 9.26. The third-order valence-electron chi connectivity index (χ3n) is 3.37. The third-order valence-corrected chi connectivity index (χ3v) is 3.37. The van der Waals surface area contributed by atoms with Crippen LogP contribution in [0.3, 0.4) is 0 Å². The zero-order valence-corrected chi connectivity index (χ0v) is 12.6. The van der Waals surface area contributed by atoms with E-state index in [1.54, 1.807) is 19.2 Å². The number of aromatic nitrogens is 2. The van der Waals surface area contributed by atoms with E-state index in [2.05, 4.69) is 17.3 Å². The SMILES string of the molecule is COCCn1cc(NC(C)CCc2ccc(O)cc2)cn1. The highest BCUT2D eigenvalue weighted by Gasteiger charge is 2.05. The molecule has 0 saturated carbocycles. The summed E-state index contributed by atoms with van der Waals surface area (Å²) in [5, 5.41) is 17.0. The number of nitrogens with one attached hydrogen (secondary N) is 1. The summed E-state index contributed by atoms with van der Waals surface area (Å²) in [4.78, 5) is 0. The normalized spacial score (nSPS) is 12.3. The first kappa shape index (κ1) is 15.4. The predicted molar refractivity (Wildman–Crippen MR) is 83.6 cm³/mol. The molecule has 0 fully saturated rings. The van der Waals surface area contributed by atoms with Crippen molar-refractivity contribution in [2.24, 2.45) is 0 Å². The Morgan fingerprint density at radius 1 is 1.33 bits per heavy atom. The van der Waals surface area contributed by atoms with Gasteiger partial charge in [-0.2, -0.15) is 5.10 Å². The molecule has 5 heteroatoms. The average molecular weight is 289 g/mol. The van der Waals surface area contributed by atoms with Gasteiger partial charge in [0.25, 0.3) is 0 Å². The lowest BCUT2D eigenvalue weighted by Gasteiger charge is -2.13. The van der Waals surface area contributed by atoms with Gasteiger partial charge in [-0.3, -0.25) is 4.68 Å². The van der Waals surface area contributed by atoms with Crippen LogP contribution in [0.5, 0.6) is 5.75 Å². The van der Waals surface area contributed by atoms with Crippen molar-refractivity contribution in [3.05, 3.63) is 42.2 Å². The standard InChI is InChI=1S/C16H23N3O2/c1-13(3-4-14-5-7-16(20)8-6-14)18-15-11-17-19(12-15)9-10-21-2/h5-8,11-13,18,20H,3-4,9-10H2,1-2H3. The maximum Gasteiger partial charge on any atom is 0.115 e. The Hall–Kier alpha value is -2.01. The Kier molecular flexibility index (Phi) is 5.63. The topological polar surface area (TPSA) is 59.3 Å². The fourth-order valence-electron chi connectivity index (χ4n) is 2.15. The van der Waals surface area contributed by atoms with Crippen LogP contribution in [0.4, 0.5) is 5.69 Å². The first-order valence-corrected chi connectivity index (χ1v) is 7.23. The molecule has 2 aromatic rings. The van der Waals surface area contributed by atoms with Crippen LogP contribution in [0.15, 0.2) is 36.7 Å². The summed E-state index contributed by atoms with van der Waals surface area (Å²) in [5.41, 5.74) is 2.27. The minimum absolute atomic E-state index is 0.313. The highest BCUT2D eigenvalue weighted by atomic mass is 16.5. The van der Waals surface area contributed by atoms with Crippen molar-refractivity contribution in [2.75, 3.05) is 19.0 Å². The minimum atomic E-state index is 0.313. The highest BCUT2D eigenvalue weighted by molar-refractivity contribution is 5.39. The van der Waals surface area contributed by atoms with Gasteiger partial charge in [-0.05, 0) is 37.5 Å². The van der Waals surface area contributed by atoms with Gasteiger partial charge in [-0.15, -0.1) is 0 Å². The molecule has 2 N–H and O–H groups in total. The molecule has 1 aromatic heterocycles. The molecule has 0 bridgehead atoms. The molecule has 0 aliphatic heterocycles. The number of anilines is 1. The second-order valence-corrected chi connectivity index (χ2v) is 5.24.